The summed E-state index contributed by atoms with van der Waals surface area (Å²) >= 11 is 0. The van der Waals surface area contributed by atoms with E-state index in [1.54, 1.807) is 38.3 Å². The Morgan fingerprint density at radius 3 is 2.65 bits per heavy atom. The van der Waals surface area contributed by atoms with E-state index in [2.05, 4.69) is 4.98 Å². The molecule has 3 aromatic rings. The SMILES string of the molecule is CCOC(=O)c1cc2c(Oc3cccc(OC)c3)ccc([N+](=O)[O-])c2[nH]1. The van der Waals surface area contributed by atoms with Crippen LogP contribution >= 0.6 is 0 Å². The summed E-state index contributed by atoms with van der Waals surface area (Å²) in [7, 11) is 1.54. The number of aromatic nitrogens is 1. The van der Waals surface area contributed by atoms with Crippen LogP contribution in [0, 0.1) is 10.1 Å². The highest BCUT2D eigenvalue weighted by Gasteiger charge is 2.21. The second-order valence-corrected chi connectivity index (χ2v) is 5.31. The van der Waals surface area contributed by atoms with Crippen molar-refractivity contribution in [3.63, 3.8) is 0 Å². The van der Waals surface area contributed by atoms with Gasteiger partial charge in [-0.05, 0) is 31.2 Å². The minimum absolute atomic E-state index is 0.117. The molecule has 0 radical (unpaired) electrons. The van der Waals surface area contributed by atoms with Crippen molar-refractivity contribution in [2.24, 2.45) is 0 Å². The monoisotopic (exact) mass is 356 g/mol. The van der Waals surface area contributed by atoms with Gasteiger partial charge in [-0.3, -0.25) is 10.1 Å². The third-order valence-corrected chi connectivity index (χ3v) is 3.69. The van der Waals surface area contributed by atoms with E-state index in [1.165, 1.54) is 18.2 Å². The number of ether oxygens (including phenoxy) is 3. The molecule has 26 heavy (non-hydrogen) atoms. The van der Waals surface area contributed by atoms with E-state index in [1.807, 2.05) is 0 Å². The van der Waals surface area contributed by atoms with Gasteiger partial charge in [0.1, 0.15) is 28.5 Å². The molecule has 0 unspecified atom stereocenters. The summed E-state index contributed by atoms with van der Waals surface area (Å²) in [5.74, 6) is 0.885. The molecule has 3 rings (SSSR count). The van der Waals surface area contributed by atoms with Crippen LogP contribution in [-0.2, 0) is 4.74 Å². The van der Waals surface area contributed by atoms with E-state index < -0.39 is 10.9 Å². The van der Waals surface area contributed by atoms with E-state index in [4.69, 9.17) is 14.2 Å². The first-order valence-electron chi connectivity index (χ1n) is 7.82. The molecule has 0 spiro atoms. The van der Waals surface area contributed by atoms with Crippen molar-refractivity contribution in [3.8, 4) is 17.2 Å². The van der Waals surface area contributed by atoms with Gasteiger partial charge in [0.05, 0.1) is 24.0 Å². The summed E-state index contributed by atoms with van der Waals surface area (Å²) in [6, 6.07) is 11.2. The third-order valence-electron chi connectivity index (χ3n) is 3.69. The predicted molar refractivity (Wildman–Crippen MR) is 94.0 cm³/mol. The lowest BCUT2D eigenvalue weighted by atomic mass is 10.2. The maximum Gasteiger partial charge on any atom is 0.354 e. The number of nitrogens with one attached hydrogen (secondary N) is 1. The second-order valence-electron chi connectivity index (χ2n) is 5.31. The van der Waals surface area contributed by atoms with Gasteiger partial charge in [0.2, 0.25) is 0 Å². The molecule has 0 saturated heterocycles. The van der Waals surface area contributed by atoms with Gasteiger partial charge >= 0.3 is 5.97 Å². The van der Waals surface area contributed by atoms with Gasteiger partial charge in [0.25, 0.3) is 5.69 Å². The van der Waals surface area contributed by atoms with Crippen molar-refractivity contribution in [2.75, 3.05) is 13.7 Å². The fourth-order valence-corrected chi connectivity index (χ4v) is 2.53. The minimum atomic E-state index is -0.592. The number of esters is 1. The summed E-state index contributed by atoms with van der Waals surface area (Å²) in [5.41, 5.74) is 0.152. The first-order valence-corrected chi connectivity index (χ1v) is 7.82. The summed E-state index contributed by atoms with van der Waals surface area (Å²) in [6.07, 6.45) is 0. The number of nitro groups is 1. The molecule has 0 amide bonds. The highest BCUT2D eigenvalue weighted by Crippen LogP contribution is 2.36. The standard InChI is InChI=1S/C18H16N2O6/c1-3-25-18(21)14-10-13-16(8-7-15(20(22)23)17(13)19-14)26-12-6-4-5-11(9-12)24-2/h4-10,19H,3H2,1-2H3. The van der Waals surface area contributed by atoms with Gasteiger partial charge in [-0.15, -0.1) is 0 Å². The van der Waals surface area contributed by atoms with Crippen LogP contribution in [0.4, 0.5) is 5.69 Å². The Labute approximate surface area is 148 Å². The third kappa shape index (κ3) is 3.30. The lowest BCUT2D eigenvalue weighted by Crippen LogP contribution is -2.04. The van der Waals surface area contributed by atoms with Crippen molar-refractivity contribution in [3.05, 3.63) is 58.3 Å². The minimum Gasteiger partial charge on any atom is -0.497 e. The number of hydrogen-bond donors (Lipinski definition) is 1. The Bertz CT molecular complexity index is 979. The van der Waals surface area contributed by atoms with Crippen LogP contribution in [0.15, 0.2) is 42.5 Å². The largest absolute Gasteiger partial charge is 0.497 e. The van der Waals surface area contributed by atoms with Crippen LogP contribution in [0.3, 0.4) is 0 Å². The number of hydrogen-bond acceptors (Lipinski definition) is 6. The van der Waals surface area contributed by atoms with Gasteiger partial charge in [0.15, 0.2) is 0 Å². The van der Waals surface area contributed by atoms with E-state index in [9.17, 15) is 14.9 Å². The van der Waals surface area contributed by atoms with Gasteiger partial charge in [-0.2, -0.15) is 0 Å². The molecule has 0 saturated carbocycles. The number of methoxy groups -OCH3 is 1. The number of H-pyrrole nitrogens is 1. The molecular weight excluding hydrogens is 340 g/mol. The quantitative estimate of drug-likeness (QED) is 0.406. The maximum atomic E-state index is 12.0. The molecule has 0 fully saturated rings. The normalized spacial score (nSPS) is 10.5. The number of rotatable bonds is 6. The zero-order valence-corrected chi connectivity index (χ0v) is 14.1. The van der Waals surface area contributed by atoms with Gasteiger partial charge in [-0.25, -0.2) is 4.79 Å². The fourth-order valence-electron chi connectivity index (χ4n) is 2.53. The molecule has 1 aromatic heterocycles. The topological polar surface area (TPSA) is 104 Å². The molecule has 8 heteroatoms. The molecule has 0 aliphatic heterocycles. The van der Waals surface area contributed by atoms with Crippen LogP contribution in [0.2, 0.25) is 0 Å². The van der Waals surface area contributed by atoms with E-state index >= 15 is 0 Å². The molecule has 2 aromatic carbocycles. The zero-order valence-electron chi connectivity index (χ0n) is 14.1. The molecule has 0 bridgehead atoms. The first kappa shape index (κ1) is 17.3. The van der Waals surface area contributed by atoms with E-state index in [0.29, 0.717) is 22.6 Å². The molecule has 134 valence electrons. The highest BCUT2D eigenvalue weighted by molar-refractivity contribution is 6.00. The average molecular weight is 356 g/mol. The Morgan fingerprint density at radius 2 is 1.96 bits per heavy atom. The highest BCUT2D eigenvalue weighted by atomic mass is 16.6. The van der Waals surface area contributed by atoms with Crippen LogP contribution in [0.25, 0.3) is 10.9 Å². The summed E-state index contributed by atoms with van der Waals surface area (Å²) < 4.78 is 16.0. The molecule has 8 nitrogen and oxygen atoms in total. The number of nitro benzene ring substituents is 1. The molecule has 0 aliphatic rings. The number of non-ortho nitro benzene ring substituents is 1. The maximum absolute atomic E-state index is 12.0. The summed E-state index contributed by atoms with van der Waals surface area (Å²) in [6.45, 7) is 1.88. The zero-order chi connectivity index (χ0) is 18.7. The van der Waals surface area contributed by atoms with Gasteiger partial charge in [-0.1, -0.05) is 6.07 Å². The molecule has 0 aliphatic carbocycles. The number of carbonyl (C=O) groups is 1. The molecule has 0 atom stereocenters. The van der Waals surface area contributed by atoms with Gasteiger partial charge in [0, 0.05) is 12.1 Å². The van der Waals surface area contributed by atoms with Crippen LogP contribution in [0.1, 0.15) is 17.4 Å². The van der Waals surface area contributed by atoms with Gasteiger partial charge < -0.3 is 19.2 Å². The van der Waals surface area contributed by atoms with Crippen molar-refractivity contribution in [1.82, 2.24) is 4.98 Å². The lowest BCUT2D eigenvalue weighted by molar-refractivity contribution is -0.383. The fraction of sp³-hybridized carbons (Fsp3) is 0.167. The molecular formula is C18H16N2O6. The molecule has 1 heterocycles. The first-order chi connectivity index (χ1) is 12.5. The van der Waals surface area contributed by atoms with Crippen LogP contribution in [0.5, 0.6) is 17.2 Å². The lowest BCUT2D eigenvalue weighted by Gasteiger charge is -2.08. The Kier molecular flexibility index (Phi) is 4.74. The van der Waals surface area contributed by atoms with E-state index in [0.717, 1.165) is 0 Å². The van der Waals surface area contributed by atoms with Crippen molar-refractivity contribution < 1.29 is 23.9 Å². The number of benzene rings is 2. The number of nitrogens with zero attached hydrogens (tertiary/aromatic N) is 1. The average Bonchev–Trinajstić information content (AvgIpc) is 3.08. The van der Waals surface area contributed by atoms with E-state index in [-0.39, 0.29) is 23.5 Å². The summed E-state index contributed by atoms with van der Waals surface area (Å²) in [5, 5.41) is 11.7. The predicted octanol–water partition coefficient (Wildman–Crippen LogP) is 4.05. The van der Waals surface area contributed by atoms with Crippen molar-refractivity contribution in [2.45, 2.75) is 6.92 Å². The Balaban J connectivity index is 2.08. The Morgan fingerprint density at radius 1 is 1.19 bits per heavy atom. The molecule has 1 N–H and O–H groups in total. The number of aromatic amines is 1. The number of fused-ring (bicyclic) bond motifs is 1. The van der Waals surface area contributed by atoms with Crippen molar-refractivity contribution >= 4 is 22.6 Å². The van der Waals surface area contributed by atoms with Crippen molar-refractivity contribution in [1.29, 1.82) is 0 Å². The Hall–Kier alpha value is -3.55. The second kappa shape index (κ2) is 7.14. The summed E-state index contributed by atoms with van der Waals surface area (Å²) in [4.78, 5) is 25.5. The smallest absolute Gasteiger partial charge is 0.354 e. The van der Waals surface area contributed by atoms with Crippen LogP contribution < -0.4 is 9.47 Å². The number of carbonyl (C=O) groups excluding carboxylic acids is 1. The van der Waals surface area contributed by atoms with Crippen LogP contribution in [-0.4, -0.2) is 29.6 Å².